The van der Waals surface area contributed by atoms with E-state index in [0.29, 0.717) is 25.0 Å². The Balaban J connectivity index is 1.30. The fraction of sp³-hybridized carbons (Fsp3) is 0.308. The summed E-state index contributed by atoms with van der Waals surface area (Å²) in [4.78, 5) is 23.4. The lowest BCUT2D eigenvalue weighted by Gasteiger charge is -2.30. The maximum atomic E-state index is 11.6. The highest BCUT2D eigenvalue weighted by molar-refractivity contribution is 5.85. The van der Waals surface area contributed by atoms with Gasteiger partial charge in [0.1, 0.15) is 0 Å². The summed E-state index contributed by atoms with van der Waals surface area (Å²) in [6, 6.07) is 17.6. The number of H-pyrrole nitrogens is 1. The third kappa shape index (κ3) is 3.68. The Morgan fingerprint density at radius 2 is 2.03 bits per heavy atom. The zero-order valence-corrected chi connectivity index (χ0v) is 18.3. The number of hydrogen-bond acceptors (Lipinski definition) is 3. The Kier molecular flexibility index (Phi) is 4.91. The van der Waals surface area contributed by atoms with Crippen LogP contribution < -0.4 is 0 Å². The predicted octanol–water partition coefficient (Wildman–Crippen LogP) is 4.15. The molecule has 2 aromatic heterocycles. The molecule has 2 aromatic carbocycles. The lowest BCUT2D eigenvalue weighted by molar-refractivity contribution is 0.136. The van der Waals surface area contributed by atoms with Gasteiger partial charge in [-0.05, 0) is 48.1 Å². The van der Waals surface area contributed by atoms with E-state index in [1.165, 1.54) is 16.5 Å². The Hall–Kier alpha value is -3.58. The molecule has 2 aliphatic rings. The van der Waals surface area contributed by atoms with Gasteiger partial charge in [0.2, 0.25) is 0 Å². The number of carbonyl (C=O) groups is 1. The second-order valence-electron chi connectivity index (χ2n) is 9.28. The van der Waals surface area contributed by atoms with Gasteiger partial charge >= 0.3 is 6.09 Å². The molecule has 2 fully saturated rings. The second kappa shape index (κ2) is 8.08. The van der Waals surface area contributed by atoms with Gasteiger partial charge in [0.05, 0.1) is 6.33 Å². The number of rotatable bonds is 5. The molecular formula is C26H27N5O2. The molecule has 0 aliphatic carbocycles. The molecule has 1 amide bonds. The van der Waals surface area contributed by atoms with Crippen molar-refractivity contribution < 1.29 is 9.90 Å². The number of likely N-dealkylation sites (tertiary alicyclic amines) is 2. The van der Waals surface area contributed by atoms with Crippen LogP contribution in [0.1, 0.15) is 17.5 Å². The molecule has 4 heterocycles. The Bertz CT molecular complexity index is 1270. The van der Waals surface area contributed by atoms with Crippen molar-refractivity contribution in [3.63, 3.8) is 0 Å². The molecule has 0 spiro atoms. The van der Waals surface area contributed by atoms with E-state index >= 15 is 0 Å². The van der Waals surface area contributed by atoms with Gasteiger partial charge in [-0.15, -0.1) is 0 Å². The molecule has 0 radical (unpaired) electrons. The van der Waals surface area contributed by atoms with Crippen molar-refractivity contribution in [2.45, 2.75) is 31.5 Å². The van der Waals surface area contributed by atoms with Crippen molar-refractivity contribution >= 4 is 17.0 Å². The minimum absolute atomic E-state index is 0.276. The first-order valence-corrected chi connectivity index (χ1v) is 11.5. The zero-order chi connectivity index (χ0) is 22.4. The molecule has 2 N–H and O–H groups in total. The third-order valence-corrected chi connectivity index (χ3v) is 7.36. The Morgan fingerprint density at radius 1 is 1.15 bits per heavy atom. The van der Waals surface area contributed by atoms with Crippen LogP contribution in [0.4, 0.5) is 4.79 Å². The molecule has 3 unspecified atom stereocenters. The standard InChI is InChI=1S/C26H27N5O2/c32-26(33)30-15-20-11-22(31(25(20)16-30)14-18-4-2-1-3-5-18)10-19-13-28-24-7-6-21(12-23(19)24)29-9-8-27-17-29/h1-9,12-13,17,20,22,25,28H,10-11,14-16H2,(H,32,33). The highest BCUT2D eigenvalue weighted by atomic mass is 16.4. The summed E-state index contributed by atoms with van der Waals surface area (Å²) in [5.74, 6) is 0.390. The van der Waals surface area contributed by atoms with Gasteiger partial charge in [-0.25, -0.2) is 9.78 Å². The first-order chi connectivity index (χ1) is 16.2. The summed E-state index contributed by atoms with van der Waals surface area (Å²) in [5.41, 5.74) is 4.82. The normalized spacial score (nSPS) is 22.8. The van der Waals surface area contributed by atoms with Gasteiger partial charge in [-0.1, -0.05) is 30.3 Å². The van der Waals surface area contributed by atoms with Gasteiger partial charge in [-0.3, -0.25) is 4.90 Å². The van der Waals surface area contributed by atoms with E-state index in [9.17, 15) is 9.90 Å². The summed E-state index contributed by atoms with van der Waals surface area (Å²) in [6.07, 6.45) is 8.88. The molecular weight excluding hydrogens is 414 g/mol. The number of fused-ring (bicyclic) bond motifs is 2. The lowest BCUT2D eigenvalue weighted by atomic mass is 9.98. The predicted molar refractivity (Wildman–Crippen MR) is 126 cm³/mol. The second-order valence-corrected chi connectivity index (χ2v) is 9.28. The number of nitrogens with zero attached hydrogens (tertiary/aromatic N) is 4. The maximum Gasteiger partial charge on any atom is 0.407 e. The molecule has 7 heteroatoms. The molecule has 168 valence electrons. The summed E-state index contributed by atoms with van der Waals surface area (Å²) in [6.45, 7) is 2.09. The van der Waals surface area contributed by atoms with Crippen LogP contribution in [0, 0.1) is 5.92 Å². The van der Waals surface area contributed by atoms with Crippen LogP contribution in [0.5, 0.6) is 0 Å². The fourth-order valence-electron chi connectivity index (χ4n) is 5.78. The quantitative estimate of drug-likeness (QED) is 0.488. The molecule has 2 aliphatic heterocycles. The molecule has 0 saturated carbocycles. The number of aromatic amines is 1. The molecule has 3 atom stereocenters. The third-order valence-electron chi connectivity index (χ3n) is 7.36. The van der Waals surface area contributed by atoms with Gasteiger partial charge in [0, 0.05) is 66.9 Å². The number of aromatic nitrogens is 3. The molecule has 0 bridgehead atoms. The average Bonchev–Trinajstić information content (AvgIpc) is 3.61. The van der Waals surface area contributed by atoms with E-state index in [4.69, 9.17) is 0 Å². The SMILES string of the molecule is O=C(O)N1CC2CC(Cc3c[nH]c4ccc(-n5ccnc5)cc34)N(Cc3ccccc3)C2C1. The molecule has 7 nitrogen and oxygen atoms in total. The number of hydrogen-bond donors (Lipinski definition) is 2. The summed E-state index contributed by atoms with van der Waals surface area (Å²) >= 11 is 0. The van der Waals surface area contributed by atoms with Crippen LogP contribution in [0.3, 0.4) is 0 Å². The molecule has 4 aromatic rings. The molecule has 6 rings (SSSR count). The lowest BCUT2D eigenvalue weighted by Crippen LogP contribution is -2.41. The van der Waals surface area contributed by atoms with Crippen LogP contribution in [-0.2, 0) is 13.0 Å². The smallest absolute Gasteiger partial charge is 0.407 e. The zero-order valence-electron chi connectivity index (χ0n) is 18.3. The van der Waals surface area contributed by atoms with Gasteiger partial charge in [-0.2, -0.15) is 0 Å². The number of carboxylic acid groups (broad SMARTS) is 1. The fourth-order valence-corrected chi connectivity index (χ4v) is 5.78. The van der Waals surface area contributed by atoms with Gasteiger partial charge in [0.25, 0.3) is 0 Å². The number of benzene rings is 2. The van der Waals surface area contributed by atoms with Crippen molar-refractivity contribution in [2.75, 3.05) is 13.1 Å². The van der Waals surface area contributed by atoms with E-state index in [0.717, 1.165) is 30.6 Å². The van der Waals surface area contributed by atoms with Crippen LogP contribution in [0.25, 0.3) is 16.6 Å². The Labute approximate surface area is 192 Å². The van der Waals surface area contributed by atoms with E-state index in [-0.39, 0.29) is 6.04 Å². The van der Waals surface area contributed by atoms with Gasteiger partial charge in [0.15, 0.2) is 0 Å². The molecule has 2 saturated heterocycles. The van der Waals surface area contributed by atoms with Crippen LogP contribution in [0.2, 0.25) is 0 Å². The minimum atomic E-state index is -0.802. The highest BCUT2D eigenvalue weighted by Gasteiger charge is 2.47. The van der Waals surface area contributed by atoms with Crippen LogP contribution in [-0.4, -0.2) is 60.7 Å². The maximum absolute atomic E-state index is 11.6. The average molecular weight is 442 g/mol. The van der Waals surface area contributed by atoms with E-state index in [1.54, 1.807) is 11.1 Å². The highest BCUT2D eigenvalue weighted by Crippen LogP contribution is 2.39. The monoisotopic (exact) mass is 441 g/mol. The summed E-state index contributed by atoms with van der Waals surface area (Å²) in [7, 11) is 0. The van der Waals surface area contributed by atoms with Crippen molar-refractivity contribution in [1.29, 1.82) is 0 Å². The number of amides is 1. The van der Waals surface area contributed by atoms with Gasteiger partial charge < -0.3 is 19.6 Å². The van der Waals surface area contributed by atoms with Crippen LogP contribution in [0.15, 0.2) is 73.4 Å². The minimum Gasteiger partial charge on any atom is -0.465 e. The summed E-state index contributed by atoms with van der Waals surface area (Å²) < 4.78 is 2.03. The van der Waals surface area contributed by atoms with Crippen molar-refractivity contribution in [2.24, 2.45) is 5.92 Å². The van der Waals surface area contributed by atoms with E-state index in [2.05, 4.69) is 63.5 Å². The number of imidazole rings is 1. The summed E-state index contributed by atoms with van der Waals surface area (Å²) in [5, 5.41) is 10.8. The number of nitrogens with one attached hydrogen (secondary N) is 1. The van der Waals surface area contributed by atoms with E-state index in [1.807, 2.05) is 23.2 Å². The first-order valence-electron chi connectivity index (χ1n) is 11.5. The Morgan fingerprint density at radius 3 is 2.82 bits per heavy atom. The van der Waals surface area contributed by atoms with Crippen molar-refractivity contribution in [3.8, 4) is 5.69 Å². The molecule has 33 heavy (non-hydrogen) atoms. The van der Waals surface area contributed by atoms with E-state index < -0.39 is 6.09 Å². The van der Waals surface area contributed by atoms with Crippen molar-refractivity contribution in [1.82, 2.24) is 24.3 Å². The van der Waals surface area contributed by atoms with Crippen LogP contribution >= 0.6 is 0 Å². The van der Waals surface area contributed by atoms with Crippen molar-refractivity contribution in [3.05, 3.63) is 84.6 Å². The largest absolute Gasteiger partial charge is 0.465 e. The first kappa shape index (κ1) is 20.1. The topological polar surface area (TPSA) is 77.4 Å².